The summed E-state index contributed by atoms with van der Waals surface area (Å²) in [5.41, 5.74) is -0.450. The maximum atomic E-state index is 13.0. The lowest BCUT2D eigenvalue weighted by Crippen LogP contribution is -2.09. The zero-order valence-corrected chi connectivity index (χ0v) is 8.94. The maximum Gasteiger partial charge on any atom is 0.379 e. The zero-order valence-electron chi connectivity index (χ0n) is 6.60. The van der Waals surface area contributed by atoms with Gasteiger partial charge < -0.3 is 0 Å². The molecule has 0 aliphatic heterocycles. The predicted octanol–water partition coefficient (Wildman–Crippen LogP) is 3.49. The van der Waals surface area contributed by atoms with Gasteiger partial charge >= 0.3 is 6.05 Å². The van der Waals surface area contributed by atoms with Gasteiger partial charge in [-0.15, -0.1) is 4.99 Å². The van der Waals surface area contributed by atoms with E-state index in [-0.39, 0.29) is 5.02 Å². The molecule has 0 radical (unpaired) electrons. The van der Waals surface area contributed by atoms with Crippen molar-refractivity contribution in [3.05, 3.63) is 33.3 Å². The van der Waals surface area contributed by atoms with Gasteiger partial charge in [-0.05, 0) is 34.1 Å². The van der Waals surface area contributed by atoms with Crippen LogP contribution in [0.5, 0.6) is 0 Å². The Morgan fingerprint density at radius 2 is 2.14 bits per heavy atom. The molecular weight excluding hydrogens is 279 g/mol. The van der Waals surface area contributed by atoms with Crippen LogP contribution >= 0.6 is 27.5 Å². The van der Waals surface area contributed by atoms with Crippen LogP contribution in [0.2, 0.25) is 5.02 Å². The molecule has 1 rings (SSSR count). The summed E-state index contributed by atoms with van der Waals surface area (Å²) in [7, 11) is 0. The number of hydrogen-bond donors (Lipinski definition) is 0. The van der Waals surface area contributed by atoms with Crippen LogP contribution in [-0.4, -0.2) is 6.08 Å². The fraction of sp³-hybridized carbons (Fsp3) is 0.125. The molecule has 0 aliphatic rings. The fourth-order valence-corrected chi connectivity index (χ4v) is 1.23. The van der Waals surface area contributed by atoms with Gasteiger partial charge in [0.05, 0.1) is 5.02 Å². The topological polar surface area (TPSA) is 29.4 Å². The van der Waals surface area contributed by atoms with Crippen molar-refractivity contribution in [1.29, 1.82) is 0 Å². The molecule has 0 atom stereocenters. The quantitative estimate of drug-likeness (QED) is 0.464. The van der Waals surface area contributed by atoms with E-state index >= 15 is 0 Å². The molecule has 0 unspecified atom stereocenters. The normalized spacial score (nSPS) is 10.9. The van der Waals surface area contributed by atoms with Gasteiger partial charge in [0, 0.05) is 10.0 Å². The number of rotatable bonds is 2. The molecule has 6 heteroatoms. The first-order valence-corrected chi connectivity index (χ1v) is 4.57. The molecule has 0 spiro atoms. The van der Waals surface area contributed by atoms with Crippen molar-refractivity contribution in [2.75, 3.05) is 0 Å². The van der Waals surface area contributed by atoms with Gasteiger partial charge in [-0.25, -0.2) is 4.79 Å². The Balaban J connectivity index is 3.20. The number of nitrogens with zero attached hydrogens (tertiary/aromatic N) is 1. The van der Waals surface area contributed by atoms with Crippen LogP contribution in [0.25, 0.3) is 0 Å². The second-order valence-corrected chi connectivity index (χ2v) is 3.63. The van der Waals surface area contributed by atoms with Gasteiger partial charge in [0.2, 0.25) is 6.08 Å². The van der Waals surface area contributed by atoms with Gasteiger partial charge in [0.1, 0.15) is 0 Å². The number of isocyanates is 1. The Morgan fingerprint density at radius 3 is 2.64 bits per heavy atom. The summed E-state index contributed by atoms with van der Waals surface area (Å²) in [6.45, 7) is 0. The number of hydrogen-bond acceptors (Lipinski definition) is 2. The fourth-order valence-electron chi connectivity index (χ4n) is 0.805. The summed E-state index contributed by atoms with van der Waals surface area (Å²) < 4.78 is 26.4. The Hall–Kier alpha value is -0.770. The van der Waals surface area contributed by atoms with Crippen LogP contribution in [0.1, 0.15) is 5.56 Å². The van der Waals surface area contributed by atoms with Crippen molar-refractivity contribution in [1.82, 2.24) is 0 Å². The molecule has 0 amide bonds. The van der Waals surface area contributed by atoms with E-state index in [9.17, 15) is 13.6 Å². The third kappa shape index (κ3) is 2.38. The molecule has 74 valence electrons. The van der Waals surface area contributed by atoms with Gasteiger partial charge in [0.25, 0.3) is 0 Å². The first kappa shape index (κ1) is 11.3. The van der Waals surface area contributed by atoms with E-state index in [2.05, 4.69) is 20.9 Å². The summed E-state index contributed by atoms with van der Waals surface area (Å²) in [5, 5.41) is 0.128. The van der Waals surface area contributed by atoms with Gasteiger partial charge in [-0.2, -0.15) is 8.78 Å². The maximum absolute atomic E-state index is 13.0. The second kappa shape index (κ2) is 4.17. The van der Waals surface area contributed by atoms with Crippen molar-refractivity contribution in [3.63, 3.8) is 0 Å². The minimum absolute atomic E-state index is 0.128. The predicted molar refractivity (Wildman–Crippen MR) is 51.2 cm³/mol. The van der Waals surface area contributed by atoms with Gasteiger partial charge in [-0.3, -0.25) is 0 Å². The van der Waals surface area contributed by atoms with E-state index in [1.54, 1.807) is 0 Å². The smallest absolute Gasteiger partial charge is 0.211 e. The summed E-state index contributed by atoms with van der Waals surface area (Å²) in [5.74, 6) is 0. The van der Waals surface area contributed by atoms with E-state index in [0.717, 1.165) is 18.2 Å². The highest BCUT2D eigenvalue weighted by Gasteiger charge is 2.31. The monoisotopic (exact) mass is 281 g/mol. The van der Waals surface area contributed by atoms with Crippen molar-refractivity contribution >= 4 is 33.6 Å². The average Bonchev–Trinajstić information content (AvgIpc) is 2.09. The third-order valence-electron chi connectivity index (χ3n) is 1.45. The summed E-state index contributed by atoms with van der Waals surface area (Å²) in [6, 6.07) is -0.0682. The second-order valence-electron chi connectivity index (χ2n) is 2.37. The largest absolute Gasteiger partial charge is 0.379 e. The lowest BCUT2D eigenvalue weighted by Gasteiger charge is -2.09. The molecule has 0 N–H and O–H groups in total. The Bertz CT molecular complexity index is 404. The van der Waals surface area contributed by atoms with E-state index in [1.165, 1.54) is 6.07 Å². The minimum Gasteiger partial charge on any atom is -0.211 e. The van der Waals surface area contributed by atoms with Gasteiger partial charge in [0.15, 0.2) is 0 Å². The Labute approximate surface area is 91.7 Å². The van der Waals surface area contributed by atoms with Crippen molar-refractivity contribution < 1.29 is 13.6 Å². The molecular formula is C8H3BrClF2NO. The van der Waals surface area contributed by atoms with Crippen LogP contribution in [0.3, 0.4) is 0 Å². The first-order valence-electron chi connectivity index (χ1n) is 3.40. The molecule has 0 saturated heterocycles. The number of aliphatic imine (C=N–C) groups is 1. The van der Waals surface area contributed by atoms with Crippen LogP contribution in [0.15, 0.2) is 27.7 Å². The zero-order chi connectivity index (χ0) is 10.8. The molecule has 0 heterocycles. The van der Waals surface area contributed by atoms with Crippen LogP contribution in [0, 0.1) is 0 Å². The molecule has 0 aromatic heterocycles. The number of benzene rings is 1. The summed E-state index contributed by atoms with van der Waals surface area (Å²) >= 11 is 8.65. The third-order valence-corrected chi connectivity index (χ3v) is 2.69. The molecule has 0 fully saturated rings. The highest BCUT2D eigenvalue weighted by atomic mass is 79.9. The molecule has 2 nitrogen and oxygen atoms in total. The van der Waals surface area contributed by atoms with Crippen LogP contribution in [-0.2, 0) is 10.8 Å². The lowest BCUT2D eigenvalue weighted by molar-refractivity contribution is 0.00616. The molecule has 0 bridgehead atoms. The standard InChI is InChI=1S/C8H3BrClF2NO/c9-6-2-1-5(3-7(6)10)8(11,12)13-4-14/h1-3H. The number of carbonyl (C=O) groups excluding carboxylic acids is 1. The molecule has 14 heavy (non-hydrogen) atoms. The molecule has 0 saturated carbocycles. The summed E-state index contributed by atoms with van der Waals surface area (Å²) in [4.78, 5) is 12.1. The number of alkyl halides is 2. The molecule has 0 aliphatic carbocycles. The van der Waals surface area contributed by atoms with E-state index in [1.807, 2.05) is 0 Å². The highest BCUT2D eigenvalue weighted by Crippen LogP contribution is 2.33. The Kier molecular flexibility index (Phi) is 3.37. The van der Waals surface area contributed by atoms with Crippen LogP contribution < -0.4 is 0 Å². The van der Waals surface area contributed by atoms with E-state index in [0.29, 0.717) is 4.47 Å². The van der Waals surface area contributed by atoms with Crippen molar-refractivity contribution in [2.24, 2.45) is 4.99 Å². The Morgan fingerprint density at radius 1 is 1.50 bits per heavy atom. The first-order chi connectivity index (χ1) is 6.47. The van der Waals surface area contributed by atoms with E-state index < -0.39 is 11.6 Å². The van der Waals surface area contributed by atoms with E-state index in [4.69, 9.17) is 11.6 Å². The highest BCUT2D eigenvalue weighted by molar-refractivity contribution is 9.10. The number of halogens is 4. The molecule has 1 aromatic rings. The molecule has 1 aromatic carbocycles. The van der Waals surface area contributed by atoms with Gasteiger partial charge in [-0.1, -0.05) is 11.6 Å². The van der Waals surface area contributed by atoms with Crippen LogP contribution in [0.4, 0.5) is 8.78 Å². The summed E-state index contributed by atoms with van der Waals surface area (Å²) in [6.07, 6.45) is 0.811. The minimum atomic E-state index is -3.58. The SMILES string of the molecule is O=C=NC(F)(F)c1ccc(Br)c(Cl)c1. The van der Waals surface area contributed by atoms with Crippen molar-refractivity contribution in [2.45, 2.75) is 6.05 Å². The lowest BCUT2D eigenvalue weighted by atomic mass is 10.2. The average molecular weight is 282 g/mol. The van der Waals surface area contributed by atoms with Crippen molar-refractivity contribution in [3.8, 4) is 0 Å².